The summed E-state index contributed by atoms with van der Waals surface area (Å²) in [4.78, 5) is 35.9. The number of benzene rings is 2. The monoisotopic (exact) mass is 443 g/mol. The van der Waals surface area contributed by atoms with Crippen LogP contribution in [0.4, 0.5) is 0 Å². The Morgan fingerprint density at radius 3 is 2.42 bits per heavy atom. The van der Waals surface area contributed by atoms with Crippen molar-refractivity contribution in [3.63, 3.8) is 0 Å². The van der Waals surface area contributed by atoms with Crippen molar-refractivity contribution in [2.45, 2.75) is 44.0 Å². The first-order valence-electron chi connectivity index (χ1n) is 9.46. The number of nitriles is 1. The van der Waals surface area contributed by atoms with Gasteiger partial charge in [-0.2, -0.15) is 5.26 Å². The van der Waals surface area contributed by atoms with E-state index in [1.165, 1.54) is 20.8 Å². The lowest BCUT2D eigenvalue weighted by molar-refractivity contribution is -0.218. The predicted octanol–water partition coefficient (Wildman–Crippen LogP) is 2.40. The first-order valence-corrected chi connectivity index (χ1v) is 10.5. The van der Waals surface area contributed by atoms with E-state index in [1.54, 1.807) is 36.4 Å². The number of aliphatic hydroxyl groups is 1. The highest BCUT2D eigenvalue weighted by Gasteiger charge is 2.60. The Bertz CT molecular complexity index is 1080. The lowest BCUT2D eigenvalue weighted by Gasteiger charge is -2.48. The van der Waals surface area contributed by atoms with Crippen molar-refractivity contribution < 1.29 is 33.7 Å². The number of hydrogen-bond acceptors (Lipinski definition) is 9. The fourth-order valence-corrected chi connectivity index (χ4v) is 5.02. The number of esters is 3. The normalized spacial score (nSPS) is 25.3. The van der Waals surface area contributed by atoms with E-state index in [0.29, 0.717) is 21.9 Å². The molecule has 2 aromatic carbocycles. The molecule has 8 nitrogen and oxygen atoms in total. The number of hydrogen-bond donors (Lipinski definition) is 1. The number of carbonyl (C=O) groups is 3. The maximum absolute atomic E-state index is 12.2. The van der Waals surface area contributed by atoms with Crippen LogP contribution in [0.1, 0.15) is 31.9 Å². The van der Waals surface area contributed by atoms with Gasteiger partial charge in [-0.25, -0.2) is 0 Å². The van der Waals surface area contributed by atoms with Crippen LogP contribution in [-0.2, 0) is 34.2 Å². The van der Waals surface area contributed by atoms with Gasteiger partial charge in [0.1, 0.15) is 5.44 Å². The van der Waals surface area contributed by atoms with E-state index in [4.69, 9.17) is 14.2 Å². The van der Waals surface area contributed by atoms with Crippen LogP contribution in [0.25, 0.3) is 10.8 Å². The Hall–Kier alpha value is -3.09. The molecule has 0 aromatic heterocycles. The van der Waals surface area contributed by atoms with E-state index < -0.39 is 41.2 Å². The molecule has 0 amide bonds. The van der Waals surface area contributed by atoms with Crippen molar-refractivity contribution in [3.05, 3.63) is 47.5 Å². The number of aliphatic hydroxyl groups excluding tert-OH is 1. The Morgan fingerprint density at radius 1 is 1.10 bits per heavy atom. The Kier molecular flexibility index (Phi) is 6.53. The largest absolute Gasteiger partial charge is 0.458 e. The Balaban J connectivity index is 2.31. The number of carbonyl (C=O) groups excluding carboxylic acids is 3. The highest BCUT2D eigenvalue weighted by atomic mass is 32.2. The fraction of sp³-hybridized carbons (Fsp3) is 0.364. The topological polar surface area (TPSA) is 123 Å². The average molecular weight is 443 g/mol. The lowest BCUT2D eigenvalue weighted by Crippen LogP contribution is -2.61. The average Bonchev–Trinajstić information content (AvgIpc) is 2.71. The molecule has 1 aliphatic rings. The minimum atomic E-state index is -1.85. The van der Waals surface area contributed by atoms with Gasteiger partial charge in [-0.3, -0.25) is 14.4 Å². The van der Waals surface area contributed by atoms with Crippen LogP contribution < -0.4 is 0 Å². The molecule has 31 heavy (non-hydrogen) atoms. The summed E-state index contributed by atoms with van der Waals surface area (Å²) in [7, 11) is 0. The first kappa shape index (κ1) is 22.6. The molecule has 1 heterocycles. The van der Waals surface area contributed by atoms with Gasteiger partial charge in [-0.15, -0.1) is 11.8 Å². The van der Waals surface area contributed by atoms with Crippen molar-refractivity contribution in [2.75, 3.05) is 5.75 Å². The van der Waals surface area contributed by atoms with Crippen LogP contribution in [0.2, 0.25) is 0 Å². The molecule has 0 unspecified atom stereocenters. The Labute approximate surface area is 183 Å². The first-order chi connectivity index (χ1) is 14.7. The summed E-state index contributed by atoms with van der Waals surface area (Å²) in [6.07, 6.45) is -2.27. The summed E-state index contributed by atoms with van der Waals surface area (Å²) < 4.78 is 16.6. The number of thioether (sulfide) groups is 1. The third-order valence-corrected chi connectivity index (χ3v) is 6.09. The molecule has 4 atom stereocenters. The second-order valence-electron chi connectivity index (χ2n) is 7.10. The quantitative estimate of drug-likeness (QED) is 0.560. The highest BCUT2D eigenvalue weighted by molar-refractivity contribution is 7.99. The summed E-state index contributed by atoms with van der Waals surface area (Å²) in [5.74, 6) is -1.88. The summed E-state index contributed by atoms with van der Waals surface area (Å²) in [6, 6.07) is 12.1. The van der Waals surface area contributed by atoms with E-state index in [-0.39, 0.29) is 5.75 Å². The molecular weight excluding hydrogens is 422 g/mol. The zero-order valence-corrected chi connectivity index (χ0v) is 18.0. The Morgan fingerprint density at radius 2 is 1.81 bits per heavy atom. The SMILES string of the molecule is CC(=O)O[C@@H]1CS[C@@H](O)[C@@](OC(C)=O)(c2cccc3cc(C#N)ccc23)[C@H]1OC(C)=O. The molecule has 0 radical (unpaired) electrons. The summed E-state index contributed by atoms with van der Waals surface area (Å²) in [6.45, 7) is 3.58. The third kappa shape index (κ3) is 4.36. The molecule has 162 valence electrons. The molecule has 3 rings (SSSR count). The molecule has 0 spiro atoms. The van der Waals surface area contributed by atoms with Crippen LogP contribution >= 0.6 is 11.8 Å². The van der Waals surface area contributed by atoms with E-state index >= 15 is 0 Å². The smallest absolute Gasteiger partial charge is 0.303 e. The van der Waals surface area contributed by atoms with Crippen LogP contribution in [0.3, 0.4) is 0 Å². The van der Waals surface area contributed by atoms with Crippen molar-refractivity contribution in [1.29, 1.82) is 5.26 Å². The second-order valence-corrected chi connectivity index (χ2v) is 8.22. The van der Waals surface area contributed by atoms with E-state index in [2.05, 4.69) is 6.07 Å². The van der Waals surface area contributed by atoms with E-state index in [9.17, 15) is 24.8 Å². The van der Waals surface area contributed by atoms with Crippen LogP contribution in [0.15, 0.2) is 36.4 Å². The number of ether oxygens (including phenoxy) is 3. The zero-order chi connectivity index (χ0) is 22.8. The van der Waals surface area contributed by atoms with Gasteiger partial charge in [0, 0.05) is 32.1 Å². The molecule has 1 fully saturated rings. The van der Waals surface area contributed by atoms with Gasteiger partial charge in [0.25, 0.3) is 0 Å². The van der Waals surface area contributed by atoms with Gasteiger partial charge in [0.15, 0.2) is 12.2 Å². The molecule has 0 aliphatic carbocycles. The molecule has 9 heteroatoms. The van der Waals surface area contributed by atoms with Crippen LogP contribution in [0, 0.1) is 11.3 Å². The molecule has 0 bridgehead atoms. The van der Waals surface area contributed by atoms with Gasteiger partial charge in [0.2, 0.25) is 5.60 Å². The van der Waals surface area contributed by atoms with Crippen molar-refractivity contribution in [2.24, 2.45) is 0 Å². The van der Waals surface area contributed by atoms with Gasteiger partial charge in [-0.05, 0) is 22.9 Å². The molecular formula is C22H21NO7S. The number of fused-ring (bicyclic) bond motifs is 1. The summed E-state index contributed by atoms with van der Waals surface area (Å²) in [5, 5.41) is 21.6. The minimum absolute atomic E-state index is 0.130. The predicted molar refractivity (Wildman–Crippen MR) is 112 cm³/mol. The zero-order valence-electron chi connectivity index (χ0n) is 17.2. The van der Waals surface area contributed by atoms with E-state index in [1.807, 2.05) is 0 Å². The lowest BCUT2D eigenvalue weighted by atomic mass is 9.82. The van der Waals surface area contributed by atoms with Crippen molar-refractivity contribution >= 4 is 40.4 Å². The second kappa shape index (κ2) is 8.96. The van der Waals surface area contributed by atoms with Gasteiger partial charge in [0.05, 0.1) is 11.6 Å². The van der Waals surface area contributed by atoms with Gasteiger partial charge < -0.3 is 19.3 Å². The highest BCUT2D eigenvalue weighted by Crippen LogP contribution is 2.48. The standard InChI is InChI=1S/C22H21NO7S/c1-12(24)28-19-11-31-21(27)22(30-14(3)26,20(19)29-13(2)25)18-6-4-5-16-9-15(10-23)7-8-17(16)18/h4-9,19-21,27H,11H2,1-3H3/t19-,20+,21-,22-/m1/s1. The maximum Gasteiger partial charge on any atom is 0.303 e. The van der Waals surface area contributed by atoms with Crippen molar-refractivity contribution in [3.8, 4) is 6.07 Å². The fourth-order valence-electron chi connectivity index (χ4n) is 3.85. The molecule has 0 saturated carbocycles. The molecule has 1 aliphatic heterocycles. The van der Waals surface area contributed by atoms with Gasteiger partial charge >= 0.3 is 17.9 Å². The summed E-state index contributed by atoms with van der Waals surface area (Å²) in [5.41, 5.74) is -2.38. The van der Waals surface area contributed by atoms with Gasteiger partial charge in [-0.1, -0.05) is 24.3 Å². The number of nitrogens with zero attached hydrogens (tertiary/aromatic N) is 1. The number of rotatable bonds is 4. The summed E-state index contributed by atoms with van der Waals surface area (Å²) >= 11 is 1.02. The van der Waals surface area contributed by atoms with Crippen molar-refractivity contribution in [1.82, 2.24) is 0 Å². The third-order valence-electron chi connectivity index (χ3n) is 4.90. The minimum Gasteiger partial charge on any atom is -0.458 e. The molecule has 1 saturated heterocycles. The van der Waals surface area contributed by atoms with Crippen LogP contribution in [-0.4, -0.2) is 46.4 Å². The van der Waals surface area contributed by atoms with Crippen LogP contribution in [0.5, 0.6) is 0 Å². The molecule has 2 aromatic rings. The van der Waals surface area contributed by atoms with E-state index in [0.717, 1.165) is 11.8 Å². The maximum atomic E-state index is 12.2. The molecule has 1 N–H and O–H groups in total.